The van der Waals surface area contributed by atoms with Gasteiger partial charge in [0.2, 0.25) is 0 Å². The third kappa shape index (κ3) is 10.4. The van der Waals surface area contributed by atoms with Crippen molar-refractivity contribution in [2.24, 2.45) is 0 Å². The second-order valence-electron chi connectivity index (χ2n) is 11.6. The van der Waals surface area contributed by atoms with E-state index in [2.05, 4.69) is 31.1 Å². The molecule has 0 saturated heterocycles. The van der Waals surface area contributed by atoms with E-state index in [-0.39, 0.29) is 52.2 Å². The van der Waals surface area contributed by atoms with Crippen LogP contribution in [0.15, 0.2) is 70.9 Å². The number of hydrogen-bond donors (Lipinski definition) is 1. The largest absolute Gasteiger partial charge is 0.486 e. The van der Waals surface area contributed by atoms with Gasteiger partial charge in [-0.3, -0.25) is 4.79 Å². The van der Waals surface area contributed by atoms with Crippen LogP contribution in [0.3, 0.4) is 0 Å². The van der Waals surface area contributed by atoms with E-state index < -0.39 is 28.3 Å². The Kier molecular flexibility index (Phi) is 12.3. The van der Waals surface area contributed by atoms with Crippen LogP contribution in [0.5, 0.6) is 11.5 Å². The SMILES string of the molecule is CCOC(=O)COc1c(Cl)cc(CCCS(=O)(=O)c2ccc(Cl)cc2)cc1NC(=O)c1cccc(OCc2nc(C(C)(C)C)cs2)c1. The van der Waals surface area contributed by atoms with E-state index in [1.165, 1.54) is 35.6 Å². The van der Waals surface area contributed by atoms with Gasteiger partial charge in [-0.1, -0.05) is 50.0 Å². The van der Waals surface area contributed by atoms with E-state index in [0.717, 1.165) is 10.7 Å². The monoisotopic (exact) mass is 718 g/mol. The number of anilines is 1. The van der Waals surface area contributed by atoms with Crippen LogP contribution in [0.2, 0.25) is 10.0 Å². The van der Waals surface area contributed by atoms with Gasteiger partial charge in [0, 0.05) is 21.4 Å². The molecule has 1 N–H and O–H groups in total. The van der Waals surface area contributed by atoms with Gasteiger partial charge in [-0.15, -0.1) is 11.3 Å². The zero-order chi connectivity index (χ0) is 34.2. The van der Waals surface area contributed by atoms with E-state index in [1.54, 1.807) is 43.3 Å². The van der Waals surface area contributed by atoms with Crippen LogP contribution in [0.4, 0.5) is 5.69 Å². The first-order chi connectivity index (χ1) is 22.2. The van der Waals surface area contributed by atoms with Crippen molar-refractivity contribution in [2.45, 2.75) is 57.5 Å². The van der Waals surface area contributed by atoms with Gasteiger partial charge in [-0.05, 0) is 79.9 Å². The molecule has 1 aromatic heterocycles. The summed E-state index contributed by atoms with van der Waals surface area (Å²) < 4.78 is 42.2. The summed E-state index contributed by atoms with van der Waals surface area (Å²) in [6, 6.07) is 16.0. The summed E-state index contributed by atoms with van der Waals surface area (Å²) in [6.07, 6.45) is 0.623. The van der Waals surface area contributed by atoms with E-state index >= 15 is 0 Å². The zero-order valence-corrected chi connectivity index (χ0v) is 29.6. The minimum Gasteiger partial charge on any atom is -0.486 e. The van der Waals surface area contributed by atoms with E-state index in [4.69, 9.17) is 37.4 Å². The van der Waals surface area contributed by atoms with E-state index in [0.29, 0.717) is 28.3 Å². The number of amides is 1. The Morgan fingerprint density at radius 1 is 1.00 bits per heavy atom. The number of halogens is 2. The predicted octanol–water partition coefficient (Wildman–Crippen LogP) is 7.93. The number of esters is 1. The van der Waals surface area contributed by atoms with Gasteiger partial charge in [0.15, 0.2) is 22.2 Å². The van der Waals surface area contributed by atoms with Crippen molar-refractivity contribution in [1.29, 1.82) is 0 Å². The van der Waals surface area contributed by atoms with Crippen molar-refractivity contribution >= 4 is 61.9 Å². The number of carbonyl (C=O) groups excluding carboxylic acids is 2. The van der Waals surface area contributed by atoms with E-state index in [1.807, 2.05) is 5.38 Å². The van der Waals surface area contributed by atoms with Crippen molar-refractivity contribution in [3.05, 3.63) is 97.9 Å². The average Bonchev–Trinajstić information content (AvgIpc) is 3.50. The summed E-state index contributed by atoms with van der Waals surface area (Å²) in [7, 11) is -3.54. The Hall–Kier alpha value is -3.64. The molecule has 0 atom stereocenters. The standard InChI is InChI=1S/C34H36Cl2N2O7S2/c1-5-43-31(39)20-45-32-27(36)16-22(8-7-15-47(41,42)26-13-11-24(35)12-14-26)17-28(32)37-33(40)23-9-6-10-25(18-23)44-19-30-38-29(21-46-30)34(2,3)4/h6,9-14,16-18,21H,5,7-8,15,19-20H2,1-4H3,(H,37,40). The van der Waals surface area contributed by atoms with E-state index in [9.17, 15) is 18.0 Å². The third-order valence-electron chi connectivity index (χ3n) is 6.82. The number of nitrogens with zero attached hydrogens (tertiary/aromatic N) is 1. The van der Waals surface area contributed by atoms with Crippen LogP contribution in [0.1, 0.15) is 60.7 Å². The predicted molar refractivity (Wildman–Crippen MR) is 185 cm³/mol. The number of thiazole rings is 1. The van der Waals surface area contributed by atoms with Crippen molar-refractivity contribution in [3.63, 3.8) is 0 Å². The van der Waals surface area contributed by atoms with Crippen LogP contribution >= 0.6 is 34.5 Å². The lowest BCUT2D eigenvalue weighted by Gasteiger charge is -2.16. The smallest absolute Gasteiger partial charge is 0.344 e. The molecule has 0 aliphatic heterocycles. The van der Waals surface area contributed by atoms with Gasteiger partial charge >= 0.3 is 5.97 Å². The molecule has 0 fully saturated rings. The molecular formula is C34H36Cl2N2O7S2. The Morgan fingerprint density at radius 2 is 1.74 bits per heavy atom. The van der Waals surface area contributed by atoms with Crippen molar-refractivity contribution < 1.29 is 32.2 Å². The van der Waals surface area contributed by atoms with Crippen molar-refractivity contribution in [2.75, 3.05) is 24.3 Å². The van der Waals surface area contributed by atoms with Crippen LogP contribution in [-0.2, 0) is 37.8 Å². The first-order valence-electron chi connectivity index (χ1n) is 14.8. The number of nitrogens with one attached hydrogen (secondary N) is 1. The summed E-state index contributed by atoms with van der Waals surface area (Å²) in [5.74, 6) is -0.620. The highest BCUT2D eigenvalue weighted by Crippen LogP contribution is 2.36. The lowest BCUT2D eigenvalue weighted by Crippen LogP contribution is -2.17. The molecule has 0 saturated carbocycles. The molecule has 0 aliphatic rings. The highest BCUT2D eigenvalue weighted by molar-refractivity contribution is 7.91. The molecule has 1 amide bonds. The second kappa shape index (κ2) is 16.0. The Morgan fingerprint density at radius 3 is 2.43 bits per heavy atom. The highest BCUT2D eigenvalue weighted by atomic mass is 35.5. The molecule has 4 aromatic rings. The maximum absolute atomic E-state index is 13.4. The molecule has 0 bridgehead atoms. The number of hydrogen-bond acceptors (Lipinski definition) is 9. The molecule has 13 heteroatoms. The minimum absolute atomic E-state index is 0.0685. The summed E-state index contributed by atoms with van der Waals surface area (Å²) in [6.45, 7) is 7.97. The fourth-order valence-corrected chi connectivity index (χ4v) is 7.05. The normalized spacial score (nSPS) is 11.6. The fourth-order valence-electron chi connectivity index (χ4n) is 4.38. The molecule has 0 unspecified atom stereocenters. The number of sulfone groups is 1. The van der Waals surface area contributed by atoms with Crippen molar-refractivity contribution in [3.8, 4) is 11.5 Å². The quantitative estimate of drug-likeness (QED) is 0.131. The maximum atomic E-state index is 13.4. The number of aromatic nitrogens is 1. The summed E-state index contributed by atoms with van der Waals surface area (Å²) in [5, 5.41) is 6.25. The molecule has 9 nitrogen and oxygen atoms in total. The lowest BCUT2D eigenvalue weighted by atomic mass is 9.93. The van der Waals surface area contributed by atoms with Gasteiger partial charge in [0.25, 0.3) is 5.91 Å². The number of rotatable bonds is 14. The topological polar surface area (TPSA) is 121 Å². The Balaban J connectivity index is 1.49. The van der Waals surface area contributed by atoms with Crippen LogP contribution < -0.4 is 14.8 Å². The molecule has 0 radical (unpaired) electrons. The Labute approximate surface area is 289 Å². The van der Waals surface area contributed by atoms with Crippen molar-refractivity contribution in [1.82, 2.24) is 4.98 Å². The molecule has 0 spiro atoms. The summed E-state index contributed by atoms with van der Waals surface area (Å²) >= 11 is 14.0. The highest BCUT2D eigenvalue weighted by Gasteiger charge is 2.20. The third-order valence-corrected chi connectivity index (χ3v) is 9.99. The van der Waals surface area contributed by atoms with Crippen LogP contribution in [0.25, 0.3) is 0 Å². The lowest BCUT2D eigenvalue weighted by molar-refractivity contribution is -0.145. The summed E-state index contributed by atoms with van der Waals surface area (Å²) in [4.78, 5) is 30.3. The summed E-state index contributed by atoms with van der Waals surface area (Å²) in [5.41, 5.74) is 2.10. The molecule has 250 valence electrons. The zero-order valence-electron chi connectivity index (χ0n) is 26.5. The van der Waals surface area contributed by atoms with Gasteiger partial charge < -0.3 is 19.5 Å². The van der Waals surface area contributed by atoms with Gasteiger partial charge in [-0.25, -0.2) is 18.2 Å². The molecule has 3 aromatic carbocycles. The average molecular weight is 720 g/mol. The van der Waals surface area contributed by atoms with Crippen LogP contribution in [-0.4, -0.2) is 44.2 Å². The Bertz CT molecular complexity index is 1820. The van der Waals surface area contributed by atoms with Crippen LogP contribution in [0, 0.1) is 0 Å². The van der Waals surface area contributed by atoms with Gasteiger partial charge in [-0.2, -0.15) is 0 Å². The molecule has 0 aliphatic carbocycles. The number of aryl methyl sites for hydroxylation is 1. The number of benzene rings is 3. The molecule has 47 heavy (non-hydrogen) atoms. The number of ether oxygens (including phenoxy) is 3. The molecule has 4 rings (SSSR count). The first-order valence-corrected chi connectivity index (χ1v) is 18.1. The molecular weight excluding hydrogens is 683 g/mol. The molecule has 1 heterocycles. The van der Waals surface area contributed by atoms with Gasteiger partial charge in [0.05, 0.1) is 33.7 Å². The number of carbonyl (C=O) groups is 2. The first kappa shape index (κ1) is 36.2. The minimum atomic E-state index is -3.54. The maximum Gasteiger partial charge on any atom is 0.344 e. The van der Waals surface area contributed by atoms with Gasteiger partial charge in [0.1, 0.15) is 17.4 Å². The fraction of sp³-hybridized carbons (Fsp3) is 0.324. The second-order valence-corrected chi connectivity index (χ2v) is 15.5.